The van der Waals surface area contributed by atoms with Crippen molar-refractivity contribution in [1.82, 2.24) is 9.97 Å². The normalized spacial score (nSPS) is 11.0. The molecule has 2 aromatic heterocycles. The minimum absolute atomic E-state index is 0.240. The summed E-state index contributed by atoms with van der Waals surface area (Å²) in [6, 6.07) is 14.7. The lowest BCUT2D eigenvalue weighted by atomic mass is 10.0. The van der Waals surface area contributed by atoms with Crippen molar-refractivity contribution in [2.24, 2.45) is 0 Å². The maximum atomic E-state index is 13.4. The van der Waals surface area contributed by atoms with E-state index in [9.17, 15) is 4.39 Å². The Kier molecular flexibility index (Phi) is 5.45. The predicted octanol–water partition coefficient (Wildman–Crippen LogP) is 5.78. The van der Waals surface area contributed by atoms with E-state index in [0.29, 0.717) is 0 Å². The van der Waals surface area contributed by atoms with Crippen LogP contribution in [0.15, 0.2) is 48.5 Å². The molecule has 4 rings (SSSR count). The highest BCUT2D eigenvalue weighted by Crippen LogP contribution is 2.40. The Bertz CT molecular complexity index is 1140. The van der Waals surface area contributed by atoms with Gasteiger partial charge in [0.05, 0.1) is 12.5 Å². The molecule has 29 heavy (non-hydrogen) atoms. The number of fused-ring (bicyclic) bond motifs is 1. The van der Waals surface area contributed by atoms with Crippen molar-refractivity contribution in [3.05, 3.63) is 70.6 Å². The van der Waals surface area contributed by atoms with Crippen LogP contribution in [-0.2, 0) is 6.42 Å². The van der Waals surface area contributed by atoms with Crippen LogP contribution in [0.4, 0.5) is 10.2 Å². The van der Waals surface area contributed by atoms with Gasteiger partial charge >= 0.3 is 0 Å². The molecule has 0 amide bonds. The van der Waals surface area contributed by atoms with E-state index in [2.05, 4.69) is 34.3 Å². The van der Waals surface area contributed by atoms with Gasteiger partial charge in [-0.1, -0.05) is 24.3 Å². The highest BCUT2D eigenvalue weighted by molar-refractivity contribution is 7.19. The molecule has 4 aromatic rings. The Labute approximate surface area is 173 Å². The molecule has 0 bridgehead atoms. The topological polar surface area (TPSA) is 47.0 Å². The van der Waals surface area contributed by atoms with Crippen molar-refractivity contribution in [2.45, 2.75) is 20.3 Å². The third-order valence-electron chi connectivity index (χ3n) is 4.84. The third-order valence-corrected chi connectivity index (χ3v) is 5.84. The quantitative estimate of drug-likeness (QED) is 0.440. The highest BCUT2D eigenvalue weighted by atomic mass is 32.1. The van der Waals surface area contributed by atoms with E-state index in [1.165, 1.54) is 17.7 Å². The van der Waals surface area contributed by atoms with Crippen LogP contribution in [0.1, 0.15) is 16.3 Å². The molecule has 0 unspecified atom stereocenters. The molecule has 0 atom stereocenters. The summed E-state index contributed by atoms with van der Waals surface area (Å²) in [5, 5.41) is 4.49. The maximum absolute atomic E-state index is 13.4. The van der Waals surface area contributed by atoms with E-state index in [-0.39, 0.29) is 5.82 Å². The number of methoxy groups -OCH3 is 1. The van der Waals surface area contributed by atoms with Crippen molar-refractivity contribution in [2.75, 3.05) is 19.0 Å². The van der Waals surface area contributed by atoms with Crippen LogP contribution in [0.2, 0.25) is 0 Å². The summed E-state index contributed by atoms with van der Waals surface area (Å²) >= 11 is 1.64. The maximum Gasteiger partial charge on any atom is 0.139 e. The third kappa shape index (κ3) is 4.07. The van der Waals surface area contributed by atoms with Gasteiger partial charge in [-0.05, 0) is 55.7 Å². The van der Waals surface area contributed by atoms with Gasteiger partial charge in [0.15, 0.2) is 0 Å². The molecule has 0 saturated carbocycles. The standard InChI is InChI=1S/C23H22FN3OS/c1-14-20(17-6-8-18(24)9-7-17)21-22(26-15(2)27-23(21)29-14)25-13-12-16-4-10-19(28-3)11-5-16/h4-11H,12-13H2,1-3H3,(H,25,26,27). The van der Waals surface area contributed by atoms with E-state index in [4.69, 9.17) is 4.74 Å². The lowest BCUT2D eigenvalue weighted by molar-refractivity contribution is 0.414. The monoisotopic (exact) mass is 407 g/mol. The zero-order chi connectivity index (χ0) is 20.4. The van der Waals surface area contributed by atoms with Crippen LogP contribution in [-0.4, -0.2) is 23.6 Å². The molecular formula is C23H22FN3OS. The van der Waals surface area contributed by atoms with E-state index >= 15 is 0 Å². The molecular weight excluding hydrogens is 385 g/mol. The number of benzene rings is 2. The van der Waals surface area contributed by atoms with E-state index in [1.54, 1.807) is 18.4 Å². The number of aromatic nitrogens is 2. The van der Waals surface area contributed by atoms with E-state index < -0.39 is 0 Å². The molecule has 0 spiro atoms. The summed E-state index contributed by atoms with van der Waals surface area (Å²) < 4.78 is 18.6. The first-order valence-corrected chi connectivity index (χ1v) is 10.3. The highest BCUT2D eigenvalue weighted by Gasteiger charge is 2.17. The molecule has 0 aliphatic rings. The summed E-state index contributed by atoms with van der Waals surface area (Å²) in [4.78, 5) is 11.4. The fourth-order valence-electron chi connectivity index (χ4n) is 3.43. The fourth-order valence-corrected chi connectivity index (χ4v) is 4.52. The first-order chi connectivity index (χ1) is 14.0. The number of anilines is 1. The molecule has 2 aromatic carbocycles. The molecule has 2 heterocycles. The van der Waals surface area contributed by atoms with Crippen molar-refractivity contribution < 1.29 is 9.13 Å². The van der Waals surface area contributed by atoms with Crippen LogP contribution in [0.25, 0.3) is 21.3 Å². The average Bonchev–Trinajstić information content (AvgIpc) is 3.04. The van der Waals surface area contributed by atoms with Crippen LogP contribution < -0.4 is 10.1 Å². The second-order valence-corrected chi connectivity index (χ2v) is 8.07. The number of thiophene rings is 1. The van der Waals surface area contributed by atoms with Crippen LogP contribution >= 0.6 is 11.3 Å². The number of ether oxygens (including phenoxy) is 1. The number of aryl methyl sites for hydroxylation is 2. The molecule has 0 radical (unpaired) electrons. The van der Waals surface area contributed by atoms with Crippen molar-refractivity contribution in [1.29, 1.82) is 0 Å². The molecule has 0 saturated heterocycles. The van der Waals surface area contributed by atoms with Gasteiger partial charge in [0.2, 0.25) is 0 Å². The number of nitrogens with one attached hydrogen (secondary N) is 1. The van der Waals surface area contributed by atoms with Gasteiger partial charge < -0.3 is 10.1 Å². The zero-order valence-electron chi connectivity index (χ0n) is 16.6. The first-order valence-electron chi connectivity index (χ1n) is 9.45. The second kappa shape index (κ2) is 8.17. The molecule has 0 aliphatic carbocycles. The molecule has 148 valence electrons. The summed E-state index contributed by atoms with van der Waals surface area (Å²) in [7, 11) is 1.67. The SMILES string of the molecule is COc1ccc(CCNc2nc(C)nc3sc(C)c(-c4ccc(F)cc4)c23)cc1. The fraction of sp³-hybridized carbons (Fsp3) is 0.217. The summed E-state index contributed by atoms with van der Waals surface area (Å²) in [5.41, 5.74) is 3.26. The van der Waals surface area contributed by atoms with Gasteiger partial charge in [0, 0.05) is 17.0 Å². The number of nitrogens with zero attached hydrogens (tertiary/aromatic N) is 2. The van der Waals surface area contributed by atoms with Gasteiger partial charge in [0.1, 0.15) is 28.0 Å². The van der Waals surface area contributed by atoms with Crippen molar-refractivity contribution >= 4 is 27.4 Å². The van der Waals surface area contributed by atoms with Crippen molar-refractivity contribution in [3.8, 4) is 16.9 Å². The van der Waals surface area contributed by atoms with Crippen LogP contribution in [0, 0.1) is 19.7 Å². The van der Waals surface area contributed by atoms with E-state index in [1.807, 2.05) is 31.2 Å². The summed E-state index contributed by atoms with van der Waals surface area (Å²) in [6.07, 6.45) is 0.865. The second-order valence-electron chi connectivity index (χ2n) is 6.86. The molecule has 4 nitrogen and oxygen atoms in total. The molecule has 1 N–H and O–H groups in total. The number of hydrogen-bond acceptors (Lipinski definition) is 5. The zero-order valence-corrected chi connectivity index (χ0v) is 17.4. The predicted molar refractivity (Wildman–Crippen MR) is 117 cm³/mol. The van der Waals surface area contributed by atoms with Gasteiger partial charge in [0.25, 0.3) is 0 Å². The molecule has 0 aliphatic heterocycles. The Morgan fingerprint density at radius 3 is 2.41 bits per heavy atom. The Balaban J connectivity index is 1.65. The minimum atomic E-state index is -0.240. The summed E-state index contributed by atoms with van der Waals surface area (Å²) in [5.74, 6) is 2.17. The van der Waals surface area contributed by atoms with E-state index in [0.717, 1.165) is 56.6 Å². The van der Waals surface area contributed by atoms with Crippen molar-refractivity contribution in [3.63, 3.8) is 0 Å². The number of hydrogen-bond donors (Lipinski definition) is 1. The lowest BCUT2D eigenvalue weighted by Crippen LogP contribution is -2.08. The Hall–Kier alpha value is -2.99. The summed E-state index contributed by atoms with van der Waals surface area (Å²) in [6.45, 7) is 4.72. The van der Waals surface area contributed by atoms with Gasteiger partial charge in [-0.2, -0.15) is 0 Å². The van der Waals surface area contributed by atoms with Gasteiger partial charge in [-0.25, -0.2) is 14.4 Å². The average molecular weight is 408 g/mol. The minimum Gasteiger partial charge on any atom is -0.497 e. The lowest BCUT2D eigenvalue weighted by Gasteiger charge is -2.10. The Morgan fingerprint density at radius 1 is 1.00 bits per heavy atom. The van der Waals surface area contributed by atoms with Crippen LogP contribution in [0.5, 0.6) is 5.75 Å². The number of halogens is 1. The molecule has 0 fully saturated rings. The largest absolute Gasteiger partial charge is 0.497 e. The van der Waals surface area contributed by atoms with Gasteiger partial charge in [-0.15, -0.1) is 11.3 Å². The smallest absolute Gasteiger partial charge is 0.139 e. The number of rotatable bonds is 6. The first kappa shape index (κ1) is 19.3. The molecule has 6 heteroatoms. The Morgan fingerprint density at radius 2 is 1.72 bits per heavy atom. The van der Waals surface area contributed by atoms with Crippen LogP contribution in [0.3, 0.4) is 0 Å². The van der Waals surface area contributed by atoms with Gasteiger partial charge in [-0.3, -0.25) is 0 Å².